The Bertz CT molecular complexity index is 433. The maximum Gasteiger partial charge on any atom is 0.217 e. The molecule has 0 unspecified atom stereocenters. The monoisotopic (exact) mass is 223 g/mol. The van der Waals surface area contributed by atoms with Crippen molar-refractivity contribution in [2.75, 3.05) is 0 Å². The summed E-state index contributed by atoms with van der Waals surface area (Å²) in [6.07, 6.45) is 5.71. The average molecular weight is 223 g/mol. The summed E-state index contributed by atoms with van der Waals surface area (Å²) in [6.45, 7) is 2.57. The average Bonchev–Trinajstić information content (AvgIpc) is 2.85. The summed E-state index contributed by atoms with van der Waals surface area (Å²) in [5, 5.41) is 9.76. The van der Waals surface area contributed by atoms with Crippen LogP contribution in [0.3, 0.4) is 0 Å². The molecule has 2 aromatic heterocycles. The van der Waals surface area contributed by atoms with E-state index in [2.05, 4.69) is 22.1 Å². The van der Waals surface area contributed by atoms with E-state index in [1.54, 1.807) is 6.20 Å². The standard InChI is InChI=1S/C9H13N5S/c1-2-3-7-11-4-5-14(7)9-13-12-8(6-10)15-9/h4-5H,2-3,6,10H2,1H3. The predicted molar refractivity (Wildman–Crippen MR) is 58.9 cm³/mol. The van der Waals surface area contributed by atoms with Crippen LogP contribution in [0, 0.1) is 0 Å². The molecule has 2 aromatic rings. The van der Waals surface area contributed by atoms with Crippen LogP contribution in [0.4, 0.5) is 0 Å². The van der Waals surface area contributed by atoms with Gasteiger partial charge >= 0.3 is 0 Å². The van der Waals surface area contributed by atoms with Gasteiger partial charge in [-0.3, -0.25) is 4.57 Å². The highest BCUT2D eigenvalue weighted by Crippen LogP contribution is 2.16. The van der Waals surface area contributed by atoms with Gasteiger partial charge in [0.2, 0.25) is 5.13 Å². The van der Waals surface area contributed by atoms with Crippen molar-refractivity contribution in [3.8, 4) is 5.13 Å². The van der Waals surface area contributed by atoms with Crippen LogP contribution in [0.25, 0.3) is 5.13 Å². The van der Waals surface area contributed by atoms with E-state index < -0.39 is 0 Å². The first-order valence-electron chi connectivity index (χ1n) is 4.90. The second-order valence-electron chi connectivity index (χ2n) is 3.15. The van der Waals surface area contributed by atoms with Gasteiger partial charge in [0.15, 0.2) is 0 Å². The first-order chi connectivity index (χ1) is 7.35. The van der Waals surface area contributed by atoms with Gasteiger partial charge in [-0.05, 0) is 6.42 Å². The van der Waals surface area contributed by atoms with Crippen molar-refractivity contribution in [2.24, 2.45) is 5.73 Å². The third-order valence-electron chi connectivity index (χ3n) is 2.03. The molecule has 80 valence electrons. The van der Waals surface area contributed by atoms with Gasteiger partial charge in [-0.15, -0.1) is 10.2 Å². The molecule has 0 spiro atoms. The summed E-state index contributed by atoms with van der Waals surface area (Å²) in [7, 11) is 0. The van der Waals surface area contributed by atoms with Crippen molar-refractivity contribution in [2.45, 2.75) is 26.3 Å². The number of aromatic nitrogens is 4. The van der Waals surface area contributed by atoms with Gasteiger partial charge in [0, 0.05) is 25.4 Å². The van der Waals surface area contributed by atoms with E-state index in [-0.39, 0.29) is 0 Å². The van der Waals surface area contributed by atoms with Crippen LogP contribution in [0.5, 0.6) is 0 Å². The van der Waals surface area contributed by atoms with Crippen LogP contribution >= 0.6 is 11.3 Å². The minimum Gasteiger partial charge on any atom is -0.324 e. The van der Waals surface area contributed by atoms with Crippen LogP contribution in [-0.4, -0.2) is 19.7 Å². The van der Waals surface area contributed by atoms with Crippen molar-refractivity contribution in [3.05, 3.63) is 23.2 Å². The second-order valence-corrected chi connectivity index (χ2v) is 4.19. The van der Waals surface area contributed by atoms with Gasteiger partial charge in [0.25, 0.3) is 0 Å². The highest BCUT2D eigenvalue weighted by molar-refractivity contribution is 7.13. The normalized spacial score (nSPS) is 10.8. The largest absolute Gasteiger partial charge is 0.324 e. The molecule has 0 aliphatic carbocycles. The van der Waals surface area contributed by atoms with Gasteiger partial charge in [0.1, 0.15) is 10.8 Å². The lowest BCUT2D eigenvalue weighted by Gasteiger charge is -2.00. The molecular weight excluding hydrogens is 210 g/mol. The van der Waals surface area contributed by atoms with Crippen LogP contribution in [0.2, 0.25) is 0 Å². The lowest BCUT2D eigenvalue weighted by molar-refractivity contribution is 0.797. The number of nitrogens with zero attached hydrogens (tertiary/aromatic N) is 4. The number of imidazole rings is 1. The highest BCUT2D eigenvalue weighted by atomic mass is 32.1. The Morgan fingerprint density at radius 3 is 3.00 bits per heavy atom. The molecule has 0 radical (unpaired) electrons. The van der Waals surface area contributed by atoms with E-state index in [9.17, 15) is 0 Å². The van der Waals surface area contributed by atoms with Gasteiger partial charge in [-0.25, -0.2) is 4.98 Å². The third-order valence-corrected chi connectivity index (χ3v) is 2.97. The minimum absolute atomic E-state index is 0.440. The number of hydrogen-bond acceptors (Lipinski definition) is 5. The Labute approximate surface area is 92.0 Å². The van der Waals surface area contributed by atoms with E-state index in [4.69, 9.17) is 5.73 Å². The van der Waals surface area contributed by atoms with Gasteiger partial charge in [0.05, 0.1) is 0 Å². The fourth-order valence-electron chi connectivity index (χ4n) is 1.34. The molecule has 0 aliphatic rings. The lowest BCUT2D eigenvalue weighted by atomic mass is 10.3. The molecule has 0 saturated carbocycles. The molecule has 2 rings (SSSR count). The van der Waals surface area contributed by atoms with Gasteiger partial charge < -0.3 is 5.73 Å². The van der Waals surface area contributed by atoms with Crippen molar-refractivity contribution in [1.29, 1.82) is 0 Å². The van der Waals surface area contributed by atoms with E-state index in [0.717, 1.165) is 28.8 Å². The molecular formula is C9H13N5S. The van der Waals surface area contributed by atoms with E-state index in [0.29, 0.717) is 6.54 Å². The quantitative estimate of drug-likeness (QED) is 0.843. The van der Waals surface area contributed by atoms with Crippen LogP contribution in [-0.2, 0) is 13.0 Å². The zero-order valence-electron chi connectivity index (χ0n) is 8.55. The number of nitrogens with two attached hydrogens (primary N) is 1. The van der Waals surface area contributed by atoms with E-state index >= 15 is 0 Å². The molecule has 5 nitrogen and oxygen atoms in total. The van der Waals surface area contributed by atoms with Crippen LogP contribution in [0.1, 0.15) is 24.2 Å². The summed E-state index contributed by atoms with van der Waals surface area (Å²) >= 11 is 1.51. The number of rotatable bonds is 4. The van der Waals surface area contributed by atoms with Crippen molar-refractivity contribution in [1.82, 2.24) is 19.7 Å². The first kappa shape index (κ1) is 10.3. The van der Waals surface area contributed by atoms with Crippen molar-refractivity contribution >= 4 is 11.3 Å². The Hall–Kier alpha value is -1.27. The molecule has 0 aliphatic heterocycles. The highest BCUT2D eigenvalue weighted by Gasteiger charge is 2.08. The molecule has 0 fully saturated rings. The molecule has 6 heteroatoms. The number of hydrogen-bond donors (Lipinski definition) is 1. The Balaban J connectivity index is 2.31. The number of aryl methyl sites for hydroxylation is 1. The van der Waals surface area contributed by atoms with Crippen molar-refractivity contribution in [3.63, 3.8) is 0 Å². The lowest BCUT2D eigenvalue weighted by Crippen LogP contribution is -1.99. The van der Waals surface area contributed by atoms with Gasteiger partial charge in [-0.1, -0.05) is 18.3 Å². The molecule has 2 N–H and O–H groups in total. The summed E-state index contributed by atoms with van der Waals surface area (Å²) in [4.78, 5) is 4.29. The predicted octanol–water partition coefficient (Wildman–Crippen LogP) is 1.14. The molecule has 0 aromatic carbocycles. The van der Waals surface area contributed by atoms with Crippen LogP contribution in [0.15, 0.2) is 12.4 Å². The molecule has 2 heterocycles. The molecule has 0 bridgehead atoms. The molecule has 0 saturated heterocycles. The van der Waals surface area contributed by atoms with E-state index in [1.807, 2.05) is 10.8 Å². The first-order valence-corrected chi connectivity index (χ1v) is 5.71. The topological polar surface area (TPSA) is 69.6 Å². The zero-order valence-corrected chi connectivity index (χ0v) is 9.37. The summed E-state index contributed by atoms with van der Waals surface area (Å²) in [6, 6.07) is 0. The maximum atomic E-state index is 5.50. The SMILES string of the molecule is CCCc1nccn1-c1nnc(CN)s1. The molecule has 0 amide bonds. The molecule has 0 atom stereocenters. The fourth-order valence-corrected chi connectivity index (χ4v) is 2.06. The molecule has 15 heavy (non-hydrogen) atoms. The third kappa shape index (κ3) is 2.05. The van der Waals surface area contributed by atoms with Crippen molar-refractivity contribution < 1.29 is 0 Å². The Kier molecular flexibility index (Phi) is 3.08. The smallest absolute Gasteiger partial charge is 0.217 e. The maximum absolute atomic E-state index is 5.50. The summed E-state index contributed by atoms with van der Waals surface area (Å²) in [5.74, 6) is 1.03. The minimum atomic E-state index is 0.440. The summed E-state index contributed by atoms with van der Waals surface area (Å²) in [5.41, 5.74) is 5.50. The fraction of sp³-hybridized carbons (Fsp3) is 0.444. The van der Waals surface area contributed by atoms with Gasteiger partial charge in [-0.2, -0.15) is 0 Å². The van der Waals surface area contributed by atoms with E-state index in [1.165, 1.54) is 11.3 Å². The Morgan fingerprint density at radius 2 is 2.33 bits per heavy atom. The second kappa shape index (κ2) is 4.50. The van der Waals surface area contributed by atoms with Crippen LogP contribution < -0.4 is 5.73 Å². The zero-order chi connectivity index (χ0) is 10.7. The Morgan fingerprint density at radius 1 is 1.47 bits per heavy atom. The summed E-state index contributed by atoms with van der Waals surface area (Å²) < 4.78 is 1.97.